The number of hydrogen-bond acceptors (Lipinski definition) is 2. The van der Waals surface area contributed by atoms with Gasteiger partial charge in [-0.1, -0.05) is 18.2 Å². The number of rotatable bonds is 4. The Balaban J connectivity index is 2.00. The maximum absolute atomic E-state index is 13.3. The van der Waals surface area contributed by atoms with E-state index in [1.165, 1.54) is 6.07 Å². The number of amides is 1. The number of primary amides is 1. The van der Waals surface area contributed by atoms with Crippen LogP contribution < -0.4 is 5.73 Å². The zero-order valence-corrected chi connectivity index (χ0v) is 12.7. The van der Waals surface area contributed by atoms with Crippen molar-refractivity contribution in [3.63, 3.8) is 0 Å². The standard InChI is InChI=1S/C18H16FN3O/c1-12-8-14(6-7-16(12)19)21-9-13-10-22(11-18(20)23)17-5-3-2-4-15(13)17/h2-10H,11H2,1H3,(H2,20,23). The molecule has 2 N–H and O–H groups in total. The molecule has 0 radical (unpaired) electrons. The van der Waals surface area contributed by atoms with E-state index in [-0.39, 0.29) is 12.4 Å². The number of aryl methyl sites for hydroxylation is 1. The van der Waals surface area contributed by atoms with Crippen molar-refractivity contribution in [3.05, 3.63) is 65.6 Å². The van der Waals surface area contributed by atoms with Crippen LogP contribution in [0.15, 0.2) is 53.7 Å². The third-order valence-electron chi connectivity index (χ3n) is 3.64. The average Bonchev–Trinajstić information content (AvgIpc) is 2.86. The van der Waals surface area contributed by atoms with E-state index in [1.807, 2.05) is 30.5 Å². The molecular weight excluding hydrogens is 293 g/mol. The first-order valence-electron chi connectivity index (χ1n) is 7.21. The summed E-state index contributed by atoms with van der Waals surface area (Å²) in [7, 11) is 0. The number of carbonyl (C=O) groups is 1. The second-order valence-corrected chi connectivity index (χ2v) is 5.39. The van der Waals surface area contributed by atoms with Gasteiger partial charge in [0.2, 0.25) is 5.91 Å². The number of hydrogen-bond donors (Lipinski definition) is 1. The van der Waals surface area contributed by atoms with Gasteiger partial charge in [-0.3, -0.25) is 9.79 Å². The summed E-state index contributed by atoms with van der Waals surface area (Å²) in [5.41, 5.74) is 8.32. The van der Waals surface area contributed by atoms with Crippen molar-refractivity contribution < 1.29 is 9.18 Å². The normalized spacial score (nSPS) is 11.4. The fraction of sp³-hybridized carbons (Fsp3) is 0.111. The van der Waals surface area contributed by atoms with Crippen molar-refractivity contribution in [2.45, 2.75) is 13.5 Å². The van der Waals surface area contributed by atoms with Gasteiger partial charge in [0, 0.05) is 28.9 Å². The van der Waals surface area contributed by atoms with E-state index in [2.05, 4.69) is 4.99 Å². The molecular formula is C18H16FN3O. The molecule has 0 bridgehead atoms. The lowest BCUT2D eigenvalue weighted by Crippen LogP contribution is -2.17. The lowest BCUT2D eigenvalue weighted by Gasteiger charge is -2.00. The largest absolute Gasteiger partial charge is 0.368 e. The van der Waals surface area contributed by atoms with Gasteiger partial charge >= 0.3 is 0 Å². The number of benzene rings is 2. The number of nitrogens with two attached hydrogens (primary N) is 1. The molecule has 0 saturated heterocycles. The lowest BCUT2D eigenvalue weighted by molar-refractivity contribution is -0.118. The first-order chi connectivity index (χ1) is 11.0. The molecule has 116 valence electrons. The predicted octanol–water partition coefficient (Wildman–Crippen LogP) is 3.32. The van der Waals surface area contributed by atoms with Crippen LogP contribution in [-0.2, 0) is 11.3 Å². The topological polar surface area (TPSA) is 60.4 Å². The highest BCUT2D eigenvalue weighted by molar-refractivity contribution is 6.00. The van der Waals surface area contributed by atoms with Crippen LogP contribution in [0, 0.1) is 12.7 Å². The summed E-state index contributed by atoms with van der Waals surface area (Å²) in [6.45, 7) is 1.82. The van der Waals surface area contributed by atoms with E-state index < -0.39 is 5.91 Å². The smallest absolute Gasteiger partial charge is 0.237 e. The molecule has 0 aliphatic rings. The summed E-state index contributed by atoms with van der Waals surface area (Å²) in [4.78, 5) is 15.6. The van der Waals surface area contributed by atoms with Crippen molar-refractivity contribution in [2.24, 2.45) is 10.7 Å². The minimum Gasteiger partial charge on any atom is -0.368 e. The monoisotopic (exact) mass is 309 g/mol. The zero-order valence-electron chi connectivity index (χ0n) is 12.7. The van der Waals surface area contributed by atoms with Crippen LogP contribution >= 0.6 is 0 Å². The maximum Gasteiger partial charge on any atom is 0.237 e. The minimum absolute atomic E-state index is 0.115. The minimum atomic E-state index is -0.400. The summed E-state index contributed by atoms with van der Waals surface area (Å²) < 4.78 is 15.1. The average molecular weight is 309 g/mol. The Morgan fingerprint density at radius 1 is 1.30 bits per heavy atom. The van der Waals surface area contributed by atoms with Gasteiger partial charge in [0.1, 0.15) is 12.4 Å². The maximum atomic E-state index is 13.3. The molecule has 1 amide bonds. The number of nitrogens with zero attached hydrogens (tertiary/aromatic N) is 2. The summed E-state index contributed by atoms with van der Waals surface area (Å²) >= 11 is 0. The lowest BCUT2D eigenvalue weighted by atomic mass is 10.2. The van der Waals surface area contributed by atoms with Crippen LogP contribution in [0.3, 0.4) is 0 Å². The summed E-state index contributed by atoms with van der Waals surface area (Å²) in [5.74, 6) is -0.648. The number of fused-ring (bicyclic) bond motifs is 1. The van der Waals surface area contributed by atoms with Gasteiger partial charge in [0.25, 0.3) is 0 Å². The van der Waals surface area contributed by atoms with Gasteiger partial charge in [-0.25, -0.2) is 4.39 Å². The van der Waals surface area contributed by atoms with Crippen molar-refractivity contribution in [1.29, 1.82) is 0 Å². The van der Waals surface area contributed by atoms with Gasteiger partial charge < -0.3 is 10.3 Å². The Morgan fingerprint density at radius 2 is 2.09 bits per heavy atom. The van der Waals surface area contributed by atoms with Gasteiger partial charge in [-0.05, 0) is 36.8 Å². The van der Waals surface area contributed by atoms with Crippen molar-refractivity contribution in [1.82, 2.24) is 4.57 Å². The van der Waals surface area contributed by atoms with Crippen molar-refractivity contribution >= 4 is 28.7 Å². The molecule has 0 saturated carbocycles. The summed E-state index contributed by atoms with van der Waals surface area (Å²) in [6.07, 6.45) is 3.56. The third-order valence-corrected chi connectivity index (χ3v) is 3.64. The second-order valence-electron chi connectivity index (χ2n) is 5.39. The summed E-state index contributed by atoms with van der Waals surface area (Å²) in [6, 6.07) is 12.4. The van der Waals surface area contributed by atoms with Crippen LogP contribution in [-0.4, -0.2) is 16.7 Å². The van der Waals surface area contributed by atoms with Crippen LogP contribution in [0.25, 0.3) is 10.9 Å². The molecule has 0 aliphatic heterocycles. The van der Waals surface area contributed by atoms with Gasteiger partial charge in [-0.15, -0.1) is 0 Å². The number of halogens is 1. The Hall–Kier alpha value is -2.95. The number of para-hydroxylation sites is 1. The number of aromatic nitrogens is 1. The fourth-order valence-electron chi connectivity index (χ4n) is 2.53. The fourth-order valence-corrected chi connectivity index (χ4v) is 2.53. The highest BCUT2D eigenvalue weighted by Crippen LogP contribution is 2.22. The van der Waals surface area contributed by atoms with E-state index in [4.69, 9.17) is 5.73 Å². The molecule has 5 heteroatoms. The Labute approximate surface area is 133 Å². The number of aliphatic imine (C=N–C) groups is 1. The molecule has 1 aromatic heterocycles. The molecule has 23 heavy (non-hydrogen) atoms. The quantitative estimate of drug-likeness (QED) is 0.738. The first kappa shape index (κ1) is 15.0. The first-order valence-corrected chi connectivity index (χ1v) is 7.21. The van der Waals surface area contributed by atoms with Crippen LogP contribution in [0.2, 0.25) is 0 Å². The van der Waals surface area contributed by atoms with Crippen LogP contribution in [0.5, 0.6) is 0 Å². The van der Waals surface area contributed by atoms with Crippen LogP contribution in [0.1, 0.15) is 11.1 Å². The molecule has 0 spiro atoms. The van der Waals surface area contributed by atoms with E-state index >= 15 is 0 Å². The Bertz CT molecular complexity index is 912. The molecule has 0 aliphatic carbocycles. The molecule has 0 fully saturated rings. The van der Waals surface area contributed by atoms with E-state index in [1.54, 1.807) is 29.8 Å². The van der Waals surface area contributed by atoms with Crippen LogP contribution in [0.4, 0.5) is 10.1 Å². The number of carbonyl (C=O) groups excluding carboxylic acids is 1. The van der Waals surface area contributed by atoms with E-state index in [9.17, 15) is 9.18 Å². The zero-order chi connectivity index (χ0) is 16.4. The molecule has 0 atom stereocenters. The highest BCUT2D eigenvalue weighted by Gasteiger charge is 2.08. The second kappa shape index (κ2) is 6.04. The SMILES string of the molecule is Cc1cc(N=Cc2cn(CC(N)=O)c3ccccc23)ccc1F. The van der Waals surface area contributed by atoms with Gasteiger partial charge in [-0.2, -0.15) is 0 Å². The Morgan fingerprint density at radius 3 is 2.83 bits per heavy atom. The molecule has 0 unspecified atom stereocenters. The van der Waals surface area contributed by atoms with Crippen molar-refractivity contribution in [3.8, 4) is 0 Å². The van der Waals surface area contributed by atoms with E-state index in [0.29, 0.717) is 11.3 Å². The van der Waals surface area contributed by atoms with Gasteiger partial charge in [0.15, 0.2) is 0 Å². The molecule has 1 heterocycles. The molecule has 3 rings (SSSR count). The third kappa shape index (κ3) is 3.13. The van der Waals surface area contributed by atoms with Crippen molar-refractivity contribution in [2.75, 3.05) is 0 Å². The molecule has 3 aromatic rings. The van der Waals surface area contributed by atoms with E-state index in [0.717, 1.165) is 16.5 Å². The van der Waals surface area contributed by atoms with Gasteiger partial charge in [0.05, 0.1) is 5.69 Å². The molecule has 2 aromatic carbocycles. The summed E-state index contributed by atoms with van der Waals surface area (Å²) in [5, 5.41) is 0.983. The predicted molar refractivity (Wildman–Crippen MR) is 89.5 cm³/mol. The molecule has 4 nitrogen and oxygen atoms in total. The highest BCUT2D eigenvalue weighted by atomic mass is 19.1. The Kier molecular flexibility index (Phi) is 3.93.